The van der Waals surface area contributed by atoms with E-state index in [4.69, 9.17) is 31.9 Å². The smallest absolute Gasteiger partial charge is 0.388 e. The number of aromatic nitrogens is 4. The first kappa shape index (κ1) is 26.4. The third-order valence-electron chi connectivity index (χ3n) is 4.24. The second kappa shape index (κ2) is 8.77. The summed E-state index contributed by atoms with van der Waals surface area (Å²) < 4.78 is 52.4. The van der Waals surface area contributed by atoms with Crippen LogP contribution in [0.4, 0.5) is 5.95 Å². The van der Waals surface area contributed by atoms with E-state index in [1.54, 1.807) is 0 Å². The molecular weight excluding hydrogens is 539 g/mol. The van der Waals surface area contributed by atoms with Gasteiger partial charge in [0.15, 0.2) is 17.4 Å². The number of nitrogens with one attached hydrogen (secondary N) is 1. The zero-order valence-corrected chi connectivity index (χ0v) is 19.6. The predicted molar refractivity (Wildman–Crippen MR) is 107 cm³/mol. The van der Waals surface area contributed by atoms with Gasteiger partial charge in [0.25, 0.3) is 5.56 Å². The number of phosphoric ester groups is 1. The summed E-state index contributed by atoms with van der Waals surface area (Å²) >= 11 is 6.40. The molecule has 22 heteroatoms. The van der Waals surface area contributed by atoms with Crippen LogP contribution in [0.25, 0.3) is 11.2 Å². The predicted octanol–water partition coefficient (Wildman–Crippen LogP) is -0.699. The molecule has 33 heavy (non-hydrogen) atoms. The quantitative estimate of drug-likeness (QED) is 0.156. The molecule has 1 aliphatic heterocycles. The number of aliphatic hydroxyl groups is 1. The Morgan fingerprint density at radius 3 is 2.52 bits per heavy atom. The van der Waals surface area contributed by atoms with Crippen LogP contribution < -0.4 is 11.3 Å². The Morgan fingerprint density at radius 1 is 1.27 bits per heavy atom. The van der Waals surface area contributed by atoms with Crippen LogP contribution in [-0.4, -0.2) is 67.9 Å². The van der Waals surface area contributed by atoms with Crippen molar-refractivity contribution < 1.29 is 56.3 Å². The molecule has 8 N–H and O–H groups in total. The van der Waals surface area contributed by atoms with Gasteiger partial charge in [-0.05, 0) is 6.92 Å². The average molecular weight is 556 g/mol. The van der Waals surface area contributed by atoms with Crippen LogP contribution in [0, 0.1) is 0 Å². The van der Waals surface area contributed by atoms with Crippen LogP contribution in [-0.2, 0) is 31.6 Å². The zero-order valence-electron chi connectivity index (χ0n) is 16.2. The van der Waals surface area contributed by atoms with Crippen molar-refractivity contribution in [2.75, 3.05) is 12.3 Å². The molecule has 0 amide bonds. The zero-order chi connectivity index (χ0) is 25.0. The van der Waals surface area contributed by atoms with Crippen LogP contribution in [0.1, 0.15) is 13.2 Å². The van der Waals surface area contributed by atoms with Crippen molar-refractivity contribution in [2.45, 2.75) is 30.2 Å². The number of phosphoric acid groups is 3. The molecule has 18 nitrogen and oxygen atoms in total. The van der Waals surface area contributed by atoms with E-state index in [2.05, 4.69) is 28.1 Å². The minimum atomic E-state index is -5.72. The third kappa shape index (κ3) is 5.89. The molecular formula is C11H17ClN5O13P3. The Kier molecular flexibility index (Phi) is 7.01. The standard InChI is InChI=1S/C11H17ClN5O13P3/c1-11(12)6(18)4(2-27-32(23,24)30-33(25,26)29-31(20,21)22)28-9(11)17-3-14-5-7(17)15-10(13)16-8(5)19/h3-4,6,9,18H,2H2,1H3,(H,23,24)(H,25,26)(H2,20,21,22)(H3,13,15,16,19)/t4?,6-,9-,11-/m1/s1. The minimum Gasteiger partial charge on any atom is -0.388 e. The summed E-state index contributed by atoms with van der Waals surface area (Å²) in [5, 5.41) is 10.5. The van der Waals surface area contributed by atoms with Crippen molar-refractivity contribution in [3.8, 4) is 0 Å². The Bertz CT molecular complexity index is 1260. The fraction of sp³-hybridized carbons (Fsp3) is 0.545. The topological polar surface area (TPSA) is 279 Å². The molecule has 1 saturated heterocycles. The molecule has 2 aromatic rings. The maximum atomic E-state index is 12.0. The highest BCUT2D eigenvalue weighted by molar-refractivity contribution is 7.66. The second-order valence-corrected chi connectivity index (χ2v) is 12.0. The van der Waals surface area contributed by atoms with E-state index >= 15 is 0 Å². The van der Waals surface area contributed by atoms with E-state index in [1.165, 1.54) is 11.5 Å². The number of anilines is 1. The van der Waals surface area contributed by atoms with Crippen LogP contribution in [0.2, 0.25) is 0 Å². The van der Waals surface area contributed by atoms with Crippen LogP contribution in [0.5, 0.6) is 0 Å². The highest BCUT2D eigenvalue weighted by Crippen LogP contribution is 2.66. The Morgan fingerprint density at radius 2 is 1.91 bits per heavy atom. The number of aliphatic hydroxyl groups excluding tert-OH is 1. The molecule has 2 aromatic heterocycles. The van der Waals surface area contributed by atoms with Crippen molar-refractivity contribution in [1.82, 2.24) is 19.5 Å². The first-order chi connectivity index (χ1) is 14.9. The number of imidazole rings is 1. The van der Waals surface area contributed by atoms with E-state index in [0.29, 0.717) is 0 Å². The van der Waals surface area contributed by atoms with Gasteiger partial charge in [-0.25, -0.2) is 18.7 Å². The Labute approximate surface area is 187 Å². The molecule has 0 aliphatic carbocycles. The van der Waals surface area contributed by atoms with E-state index in [0.717, 1.165) is 6.33 Å². The summed E-state index contributed by atoms with van der Waals surface area (Å²) in [4.78, 5) is 56.2. The molecule has 186 valence electrons. The van der Waals surface area contributed by atoms with Gasteiger partial charge < -0.3 is 35.2 Å². The highest BCUT2D eigenvalue weighted by atomic mass is 35.5. The molecule has 0 aromatic carbocycles. The average Bonchev–Trinajstić information content (AvgIpc) is 3.10. The summed E-state index contributed by atoms with van der Waals surface area (Å²) in [6, 6.07) is 0. The number of nitrogens with two attached hydrogens (primary N) is 1. The van der Waals surface area contributed by atoms with E-state index in [1.807, 2.05) is 0 Å². The lowest BCUT2D eigenvalue weighted by molar-refractivity contribution is -0.0432. The Hall–Kier alpha value is -1.23. The van der Waals surface area contributed by atoms with Crippen molar-refractivity contribution in [3.63, 3.8) is 0 Å². The van der Waals surface area contributed by atoms with Crippen molar-refractivity contribution in [1.29, 1.82) is 0 Å². The number of hydrogen-bond acceptors (Lipinski definition) is 12. The van der Waals surface area contributed by atoms with Crippen molar-refractivity contribution >= 4 is 52.2 Å². The van der Waals surface area contributed by atoms with Crippen molar-refractivity contribution in [3.05, 3.63) is 16.7 Å². The summed E-state index contributed by atoms with van der Waals surface area (Å²) in [7, 11) is -16.7. The number of nitrogens with zero attached hydrogens (tertiary/aromatic N) is 3. The molecule has 1 aliphatic rings. The fourth-order valence-electron chi connectivity index (χ4n) is 2.94. The monoisotopic (exact) mass is 555 g/mol. The number of nitrogen functional groups attached to an aromatic ring is 1. The lowest BCUT2D eigenvalue weighted by Crippen LogP contribution is -2.39. The van der Waals surface area contributed by atoms with Crippen LogP contribution >= 0.6 is 35.1 Å². The van der Waals surface area contributed by atoms with E-state index < -0.39 is 58.9 Å². The first-order valence-corrected chi connectivity index (χ1v) is 13.3. The third-order valence-corrected chi connectivity index (χ3v) is 8.45. The van der Waals surface area contributed by atoms with Crippen LogP contribution in [0.3, 0.4) is 0 Å². The molecule has 6 atom stereocenters. The van der Waals surface area contributed by atoms with Crippen LogP contribution in [0.15, 0.2) is 11.1 Å². The van der Waals surface area contributed by atoms with Gasteiger partial charge in [-0.3, -0.25) is 18.9 Å². The number of alkyl halides is 1. The van der Waals surface area contributed by atoms with Gasteiger partial charge >= 0.3 is 23.5 Å². The SMILES string of the molecule is C[C@@]1(Cl)[C@H](O)C(COP(=O)(O)OP(=O)(O)OP(=O)(O)O)O[C@H]1n1cnc2c(=O)[nH]c(N)nc21. The molecule has 0 saturated carbocycles. The molecule has 3 rings (SSSR count). The highest BCUT2D eigenvalue weighted by Gasteiger charge is 2.54. The number of aromatic amines is 1. The maximum absolute atomic E-state index is 12.0. The minimum absolute atomic E-state index is 0.0474. The molecule has 3 unspecified atom stereocenters. The number of H-pyrrole nitrogens is 1. The molecule has 0 spiro atoms. The van der Waals surface area contributed by atoms with Gasteiger partial charge in [-0.1, -0.05) is 0 Å². The Balaban J connectivity index is 1.78. The largest absolute Gasteiger partial charge is 0.490 e. The fourth-order valence-corrected chi connectivity index (χ4v) is 6.26. The number of hydrogen-bond donors (Lipinski definition) is 7. The number of halogens is 1. The van der Waals surface area contributed by atoms with Gasteiger partial charge in [0.05, 0.1) is 12.9 Å². The van der Waals surface area contributed by atoms with E-state index in [-0.39, 0.29) is 17.1 Å². The van der Waals surface area contributed by atoms with Crippen molar-refractivity contribution in [2.24, 2.45) is 0 Å². The molecule has 1 fully saturated rings. The van der Waals surface area contributed by atoms with Gasteiger partial charge in [-0.2, -0.15) is 13.6 Å². The van der Waals surface area contributed by atoms with Gasteiger partial charge in [0.2, 0.25) is 5.95 Å². The van der Waals surface area contributed by atoms with Gasteiger partial charge in [-0.15, -0.1) is 11.6 Å². The summed E-state index contributed by atoms with van der Waals surface area (Å²) in [6.45, 7) is 0.379. The number of ether oxygens (including phenoxy) is 1. The first-order valence-electron chi connectivity index (χ1n) is 8.45. The molecule has 3 heterocycles. The lowest BCUT2D eigenvalue weighted by Gasteiger charge is -2.26. The van der Waals surface area contributed by atoms with Gasteiger partial charge in [0, 0.05) is 0 Å². The molecule has 0 radical (unpaired) electrons. The van der Waals surface area contributed by atoms with Gasteiger partial charge in [0.1, 0.15) is 17.1 Å². The lowest BCUT2D eigenvalue weighted by atomic mass is 10.0. The second-order valence-electron chi connectivity index (χ2n) is 6.78. The van der Waals surface area contributed by atoms with E-state index in [9.17, 15) is 33.4 Å². The normalized spacial score (nSPS) is 29.7. The molecule has 0 bridgehead atoms. The maximum Gasteiger partial charge on any atom is 0.490 e. The number of rotatable bonds is 8. The number of fused-ring (bicyclic) bond motifs is 1. The summed E-state index contributed by atoms with van der Waals surface area (Å²) in [5.74, 6) is -0.242. The summed E-state index contributed by atoms with van der Waals surface area (Å²) in [6.07, 6.45) is -3.16. The summed E-state index contributed by atoms with van der Waals surface area (Å²) in [5.41, 5.74) is 4.71.